The lowest BCUT2D eigenvalue weighted by Crippen LogP contribution is -2.50. The molecule has 0 aliphatic carbocycles. The van der Waals surface area contributed by atoms with Crippen LogP contribution in [0.2, 0.25) is 0 Å². The van der Waals surface area contributed by atoms with Crippen LogP contribution < -0.4 is 4.74 Å². The molecule has 0 bridgehead atoms. The molecular weight excluding hydrogens is 338 g/mol. The van der Waals surface area contributed by atoms with Gasteiger partial charge >= 0.3 is 0 Å². The molecule has 0 aromatic heterocycles. The first-order valence-corrected chi connectivity index (χ1v) is 9.41. The molecule has 0 radical (unpaired) electrons. The molecule has 2 rings (SSSR count). The number of methoxy groups -OCH3 is 1. The number of benzene rings is 2. The molecule has 2 atom stereocenters. The minimum absolute atomic E-state index is 0.0737. The van der Waals surface area contributed by atoms with Crippen LogP contribution in [-0.4, -0.2) is 41.0 Å². The van der Waals surface area contributed by atoms with Crippen LogP contribution in [0.1, 0.15) is 56.1 Å². The van der Waals surface area contributed by atoms with Gasteiger partial charge in [-0.3, -0.25) is 9.69 Å². The fourth-order valence-corrected chi connectivity index (χ4v) is 3.41. The van der Waals surface area contributed by atoms with E-state index in [4.69, 9.17) is 4.74 Å². The molecule has 2 aromatic rings. The number of nitrogens with zero attached hydrogens (tertiary/aromatic N) is 1. The van der Waals surface area contributed by atoms with Crippen molar-refractivity contribution >= 4 is 5.78 Å². The molecule has 0 amide bonds. The number of carbonyl (C=O) groups excluding carboxylic acids is 1. The second-order valence-corrected chi connectivity index (χ2v) is 7.87. The number of aliphatic hydroxyl groups excluding tert-OH is 1. The summed E-state index contributed by atoms with van der Waals surface area (Å²) in [5, 5.41) is 10.8. The lowest BCUT2D eigenvalue weighted by Gasteiger charge is -2.42. The van der Waals surface area contributed by atoms with Crippen LogP contribution in [-0.2, 0) is 0 Å². The van der Waals surface area contributed by atoms with Crippen LogP contribution in [0.15, 0.2) is 54.6 Å². The van der Waals surface area contributed by atoms with E-state index in [2.05, 4.69) is 25.7 Å². The normalized spacial score (nSPS) is 14.0. The van der Waals surface area contributed by atoms with Crippen molar-refractivity contribution in [3.8, 4) is 5.75 Å². The van der Waals surface area contributed by atoms with E-state index in [0.717, 1.165) is 5.56 Å². The molecule has 4 heteroatoms. The van der Waals surface area contributed by atoms with E-state index in [1.165, 1.54) is 0 Å². The van der Waals surface area contributed by atoms with Gasteiger partial charge < -0.3 is 9.84 Å². The topological polar surface area (TPSA) is 49.8 Å². The van der Waals surface area contributed by atoms with E-state index >= 15 is 0 Å². The van der Waals surface area contributed by atoms with Crippen molar-refractivity contribution in [1.29, 1.82) is 0 Å². The molecule has 4 nitrogen and oxygen atoms in total. The first-order valence-electron chi connectivity index (χ1n) is 9.41. The fourth-order valence-electron chi connectivity index (χ4n) is 3.41. The third kappa shape index (κ3) is 5.65. The Hall–Kier alpha value is -2.17. The number of hydrogen-bond acceptors (Lipinski definition) is 4. The molecule has 0 heterocycles. The number of ether oxygens (including phenoxy) is 1. The predicted molar refractivity (Wildman–Crippen MR) is 109 cm³/mol. The summed E-state index contributed by atoms with van der Waals surface area (Å²) in [5.41, 5.74) is 1.36. The monoisotopic (exact) mass is 369 g/mol. The average molecular weight is 370 g/mol. The number of carbonyl (C=O) groups is 1. The summed E-state index contributed by atoms with van der Waals surface area (Å²) in [4.78, 5) is 14.9. The first-order chi connectivity index (χ1) is 12.7. The highest BCUT2D eigenvalue weighted by Gasteiger charge is 2.31. The fraction of sp³-hybridized carbons (Fsp3) is 0.435. The van der Waals surface area contributed by atoms with E-state index < -0.39 is 6.10 Å². The van der Waals surface area contributed by atoms with Gasteiger partial charge in [0.15, 0.2) is 5.78 Å². The number of rotatable bonds is 8. The lowest BCUT2D eigenvalue weighted by molar-refractivity contribution is 0.00590. The van der Waals surface area contributed by atoms with Gasteiger partial charge in [-0.25, -0.2) is 0 Å². The Bertz CT molecular complexity index is 737. The van der Waals surface area contributed by atoms with Crippen LogP contribution in [0, 0.1) is 0 Å². The average Bonchev–Trinajstić information content (AvgIpc) is 2.66. The summed E-state index contributed by atoms with van der Waals surface area (Å²) < 4.78 is 5.21. The lowest BCUT2D eigenvalue weighted by atomic mass is 9.95. The van der Waals surface area contributed by atoms with Crippen LogP contribution in [0.25, 0.3) is 0 Å². The maximum atomic E-state index is 12.7. The van der Waals surface area contributed by atoms with E-state index in [0.29, 0.717) is 24.3 Å². The molecule has 1 N–H and O–H groups in total. The summed E-state index contributed by atoms with van der Waals surface area (Å²) in [6.07, 6.45) is -0.228. The number of aliphatic hydroxyl groups is 1. The molecule has 146 valence electrons. The highest BCUT2D eigenvalue weighted by atomic mass is 16.5. The smallest absolute Gasteiger partial charge is 0.164 e. The van der Waals surface area contributed by atoms with Crippen LogP contribution in [0.4, 0.5) is 0 Å². The third-order valence-corrected chi connectivity index (χ3v) is 4.92. The van der Waals surface area contributed by atoms with E-state index in [-0.39, 0.29) is 17.4 Å². The highest BCUT2D eigenvalue weighted by Crippen LogP contribution is 2.27. The molecule has 0 spiro atoms. The minimum Gasteiger partial charge on any atom is -0.497 e. The summed E-state index contributed by atoms with van der Waals surface area (Å²) in [6, 6.07) is 16.8. The van der Waals surface area contributed by atoms with E-state index in [9.17, 15) is 9.90 Å². The number of Topliss-reactive ketones (excluding diaryl/α,β-unsaturated/α-hetero) is 1. The molecule has 0 saturated carbocycles. The molecule has 27 heavy (non-hydrogen) atoms. The zero-order chi connectivity index (χ0) is 20.0. The van der Waals surface area contributed by atoms with Crippen molar-refractivity contribution in [3.05, 3.63) is 65.7 Å². The summed E-state index contributed by atoms with van der Waals surface area (Å²) in [6.45, 7) is 8.91. The standard InChI is InChI=1S/C23H31NO3/c1-17(22(26)18-10-7-6-8-11-18)24(23(2,3)4)15-14-21(25)19-12-9-13-20(16-19)27-5/h6-13,16-17,22,26H,14-15H2,1-5H3. The van der Waals surface area contributed by atoms with Crippen LogP contribution in [0.3, 0.4) is 0 Å². The zero-order valence-electron chi connectivity index (χ0n) is 17.0. The molecular formula is C23H31NO3. The van der Waals surface area contributed by atoms with Gasteiger partial charge in [0.2, 0.25) is 0 Å². The van der Waals surface area contributed by atoms with Gasteiger partial charge in [-0.1, -0.05) is 42.5 Å². The van der Waals surface area contributed by atoms with Crippen molar-refractivity contribution < 1.29 is 14.6 Å². The van der Waals surface area contributed by atoms with E-state index in [1.807, 2.05) is 55.5 Å². The SMILES string of the molecule is COc1cccc(C(=O)CCN(C(C)C(O)c2ccccc2)C(C)(C)C)c1. The van der Waals surface area contributed by atoms with Gasteiger partial charge in [-0.15, -0.1) is 0 Å². The van der Waals surface area contributed by atoms with Gasteiger partial charge in [0.25, 0.3) is 0 Å². The quantitative estimate of drug-likeness (QED) is 0.697. The maximum Gasteiger partial charge on any atom is 0.164 e. The van der Waals surface area contributed by atoms with Crippen molar-refractivity contribution in [3.63, 3.8) is 0 Å². The summed E-state index contributed by atoms with van der Waals surface area (Å²) >= 11 is 0. The Morgan fingerprint density at radius 1 is 1.11 bits per heavy atom. The van der Waals surface area contributed by atoms with Gasteiger partial charge in [-0.2, -0.15) is 0 Å². The minimum atomic E-state index is -0.614. The van der Waals surface area contributed by atoms with Crippen molar-refractivity contribution in [2.24, 2.45) is 0 Å². The number of hydrogen-bond donors (Lipinski definition) is 1. The third-order valence-electron chi connectivity index (χ3n) is 4.92. The predicted octanol–water partition coefficient (Wildman–Crippen LogP) is 4.49. The largest absolute Gasteiger partial charge is 0.497 e. The van der Waals surface area contributed by atoms with E-state index in [1.54, 1.807) is 13.2 Å². The Morgan fingerprint density at radius 2 is 1.78 bits per heavy atom. The molecule has 2 unspecified atom stereocenters. The zero-order valence-corrected chi connectivity index (χ0v) is 17.0. The molecule has 2 aromatic carbocycles. The molecule has 0 fully saturated rings. The van der Waals surface area contributed by atoms with Gasteiger partial charge in [-0.05, 0) is 45.4 Å². The second-order valence-electron chi connectivity index (χ2n) is 7.87. The summed E-state index contributed by atoms with van der Waals surface area (Å²) in [7, 11) is 1.59. The Labute approximate surface area is 162 Å². The second kappa shape index (κ2) is 9.16. The Balaban J connectivity index is 2.11. The van der Waals surface area contributed by atoms with Crippen LogP contribution in [0.5, 0.6) is 5.75 Å². The molecule has 0 aliphatic rings. The Morgan fingerprint density at radius 3 is 2.37 bits per heavy atom. The summed E-state index contributed by atoms with van der Waals surface area (Å²) in [5.74, 6) is 0.756. The van der Waals surface area contributed by atoms with Gasteiger partial charge in [0.05, 0.1) is 13.2 Å². The van der Waals surface area contributed by atoms with Crippen molar-refractivity contribution in [1.82, 2.24) is 4.90 Å². The van der Waals surface area contributed by atoms with Gasteiger partial charge in [0, 0.05) is 30.1 Å². The van der Waals surface area contributed by atoms with Crippen molar-refractivity contribution in [2.75, 3.05) is 13.7 Å². The van der Waals surface area contributed by atoms with Crippen LogP contribution >= 0.6 is 0 Å². The number of ketones is 1. The van der Waals surface area contributed by atoms with Crippen molar-refractivity contribution in [2.45, 2.75) is 51.8 Å². The molecule has 0 aliphatic heterocycles. The molecule has 0 saturated heterocycles. The maximum absolute atomic E-state index is 12.7. The highest BCUT2D eigenvalue weighted by molar-refractivity contribution is 5.96. The van der Waals surface area contributed by atoms with Gasteiger partial charge in [0.1, 0.15) is 5.75 Å². The Kier molecular flexibility index (Phi) is 7.17. The first kappa shape index (κ1) is 21.1.